The fraction of sp³-hybridized carbons (Fsp3) is 0.400. The molecule has 0 saturated heterocycles. The van der Waals surface area contributed by atoms with Gasteiger partial charge in [0, 0.05) is 5.75 Å². The highest BCUT2D eigenvalue weighted by Gasteiger charge is 2.14. The maximum atomic E-state index is 12.2. The van der Waals surface area contributed by atoms with E-state index in [0.29, 0.717) is 22.3 Å². The summed E-state index contributed by atoms with van der Waals surface area (Å²) in [6, 6.07) is 6.97. The number of hydrogen-bond acceptors (Lipinski definition) is 5. The number of thioether (sulfide) groups is 1. The summed E-state index contributed by atoms with van der Waals surface area (Å²) in [5.41, 5.74) is 1.93. The van der Waals surface area contributed by atoms with Crippen molar-refractivity contribution < 1.29 is 12.8 Å². The molecule has 6 heteroatoms. The molecule has 0 saturated carbocycles. The van der Waals surface area contributed by atoms with E-state index in [0.717, 1.165) is 17.0 Å². The number of aromatic nitrogens is 1. The van der Waals surface area contributed by atoms with E-state index >= 15 is 0 Å². The standard InChI is InChI=1S/C15H19NO3S2/c1-11-5-7-14(8-6-11)21(17,18)10-4-9-20-15-16-12(2)13(3)19-15/h5-8H,4,9-10H2,1-3H3. The lowest BCUT2D eigenvalue weighted by Gasteiger charge is -2.04. The second kappa shape index (κ2) is 6.66. The van der Waals surface area contributed by atoms with Crippen LogP contribution in [0.5, 0.6) is 0 Å². The van der Waals surface area contributed by atoms with Crippen molar-refractivity contribution in [3.8, 4) is 0 Å². The van der Waals surface area contributed by atoms with Gasteiger partial charge in [-0.25, -0.2) is 13.4 Å². The highest BCUT2D eigenvalue weighted by molar-refractivity contribution is 7.99. The molecule has 2 aromatic rings. The van der Waals surface area contributed by atoms with Crippen LogP contribution < -0.4 is 0 Å². The van der Waals surface area contributed by atoms with E-state index < -0.39 is 9.84 Å². The van der Waals surface area contributed by atoms with E-state index in [1.807, 2.05) is 32.9 Å². The van der Waals surface area contributed by atoms with Crippen LogP contribution in [0.1, 0.15) is 23.4 Å². The van der Waals surface area contributed by atoms with Gasteiger partial charge in [0.25, 0.3) is 5.22 Å². The molecule has 21 heavy (non-hydrogen) atoms. The van der Waals surface area contributed by atoms with Gasteiger partial charge in [0.2, 0.25) is 0 Å². The molecule has 1 aromatic heterocycles. The maximum absolute atomic E-state index is 12.2. The Morgan fingerprint density at radius 1 is 1.14 bits per heavy atom. The zero-order valence-corrected chi connectivity index (χ0v) is 14.1. The number of nitrogens with zero attached hydrogens (tertiary/aromatic N) is 1. The van der Waals surface area contributed by atoms with Gasteiger partial charge >= 0.3 is 0 Å². The van der Waals surface area contributed by atoms with Gasteiger partial charge in [-0.3, -0.25) is 0 Å². The summed E-state index contributed by atoms with van der Waals surface area (Å²) in [5, 5.41) is 0.609. The Bertz CT molecular complexity index is 684. The van der Waals surface area contributed by atoms with Crippen LogP contribution in [0, 0.1) is 20.8 Å². The van der Waals surface area contributed by atoms with Crippen LogP contribution in [0.15, 0.2) is 38.8 Å². The molecule has 0 bridgehead atoms. The topological polar surface area (TPSA) is 60.2 Å². The molecular weight excluding hydrogens is 306 g/mol. The third-order valence-corrected chi connectivity index (χ3v) is 5.90. The van der Waals surface area contributed by atoms with Gasteiger partial charge in [0.1, 0.15) is 5.76 Å². The lowest BCUT2D eigenvalue weighted by molar-refractivity contribution is 0.431. The Hall–Kier alpha value is -1.27. The molecule has 2 rings (SSSR count). The second-order valence-electron chi connectivity index (χ2n) is 4.96. The summed E-state index contributed by atoms with van der Waals surface area (Å²) >= 11 is 1.45. The average Bonchev–Trinajstić information content (AvgIpc) is 2.74. The third kappa shape index (κ3) is 4.35. The molecular formula is C15H19NO3S2. The van der Waals surface area contributed by atoms with Crippen LogP contribution in [0.25, 0.3) is 0 Å². The lowest BCUT2D eigenvalue weighted by atomic mass is 10.2. The van der Waals surface area contributed by atoms with Crippen molar-refractivity contribution in [1.82, 2.24) is 4.98 Å². The SMILES string of the molecule is Cc1ccc(S(=O)(=O)CCCSc2nc(C)c(C)o2)cc1. The Morgan fingerprint density at radius 3 is 2.38 bits per heavy atom. The summed E-state index contributed by atoms with van der Waals surface area (Å²) in [7, 11) is -3.20. The average molecular weight is 325 g/mol. The molecule has 114 valence electrons. The summed E-state index contributed by atoms with van der Waals surface area (Å²) in [6.45, 7) is 5.70. The minimum absolute atomic E-state index is 0.141. The second-order valence-corrected chi connectivity index (χ2v) is 8.11. The minimum Gasteiger partial charge on any atom is -0.437 e. The zero-order valence-electron chi connectivity index (χ0n) is 12.4. The molecule has 1 aromatic carbocycles. The van der Waals surface area contributed by atoms with Gasteiger partial charge in [-0.1, -0.05) is 29.5 Å². The molecule has 0 aliphatic heterocycles. The van der Waals surface area contributed by atoms with Crippen molar-refractivity contribution >= 4 is 21.6 Å². The first-order valence-electron chi connectivity index (χ1n) is 6.75. The fourth-order valence-electron chi connectivity index (χ4n) is 1.78. The number of sulfone groups is 1. The van der Waals surface area contributed by atoms with Crippen molar-refractivity contribution in [3.05, 3.63) is 41.3 Å². The smallest absolute Gasteiger partial charge is 0.256 e. The van der Waals surface area contributed by atoms with Gasteiger partial charge in [-0.05, 0) is 39.3 Å². The van der Waals surface area contributed by atoms with Gasteiger partial charge in [-0.15, -0.1) is 0 Å². The molecule has 0 aliphatic carbocycles. The molecule has 4 nitrogen and oxygen atoms in total. The Kier molecular flexibility index (Phi) is 5.11. The molecule has 0 atom stereocenters. The van der Waals surface area contributed by atoms with Crippen LogP contribution in [0.4, 0.5) is 0 Å². The number of benzene rings is 1. The fourth-order valence-corrected chi connectivity index (χ4v) is 4.12. The van der Waals surface area contributed by atoms with Gasteiger partial charge in [0.15, 0.2) is 9.84 Å². The molecule has 0 unspecified atom stereocenters. The van der Waals surface area contributed by atoms with E-state index in [-0.39, 0.29) is 5.75 Å². The van der Waals surface area contributed by atoms with E-state index in [9.17, 15) is 8.42 Å². The molecule has 0 amide bonds. The highest BCUT2D eigenvalue weighted by Crippen LogP contribution is 2.21. The van der Waals surface area contributed by atoms with Gasteiger partial charge < -0.3 is 4.42 Å². The predicted octanol–water partition coefficient (Wildman–Crippen LogP) is 3.56. The summed E-state index contributed by atoms with van der Waals surface area (Å²) in [5.74, 6) is 1.62. The third-order valence-electron chi connectivity index (χ3n) is 3.17. The van der Waals surface area contributed by atoms with Crippen molar-refractivity contribution in [2.45, 2.75) is 37.3 Å². The summed E-state index contributed by atoms with van der Waals surface area (Å²) < 4.78 is 29.8. The normalized spacial score (nSPS) is 11.8. The minimum atomic E-state index is -3.20. The highest BCUT2D eigenvalue weighted by atomic mass is 32.2. The van der Waals surface area contributed by atoms with Crippen molar-refractivity contribution in [3.63, 3.8) is 0 Å². The van der Waals surface area contributed by atoms with E-state index in [1.54, 1.807) is 12.1 Å². The predicted molar refractivity (Wildman–Crippen MR) is 84.5 cm³/mol. The largest absolute Gasteiger partial charge is 0.437 e. The lowest BCUT2D eigenvalue weighted by Crippen LogP contribution is -2.07. The quantitative estimate of drug-likeness (QED) is 0.600. The van der Waals surface area contributed by atoms with Crippen LogP contribution in [0.2, 0.25) is 0 Å². The molecule has 0 N–H and O–H groups in total. The first-order valence-corrected chi connectivity index (χ1v) is 9.38. The monoisotopic (exact) mass is 325 g/mol. The number of rotatable bonds is 6. The Balaban J connectivity index is 1.86. The Labute approximate surface area is 129 Å². The van der Waals surface area contributed by atoms with Crippen LogP contribution in [0.3, 0.4) is 0 Å². The molecule has 0 fully saturated rings. The summed E-state index contributed by atoms with van der Waals surface area (Å²) in [6.07, 6.45) is 0.571. The van der Waals surface area contributed by atoms with E-state index in [1.165, 1.54) is 11.8 Å². The zero-order chi connectivity index (χ0) is 15.5. The summed E-state index contributed by atoms with van der Waals surface area (Å²) in [4.78, 5) is 4.65. The van der Waals surface area contributed by atoms with Crippen LogP contribution >= 0.6 is 11.8 Å². The number of aryl methyl sites for hydroxylation is 3. The first-order chi connectivity index (χ1) is 9.88. The van der Waals surface area contributed by atoms with E-state index in [2.05, 4.69) is 4.98 Å². The molecule has 1 heterocycles. The maximum Gasteiger partial charge on any atom is 0.256 e. The van der Waals surface area contributed by atoms with Crippen molar-refractivity contribution in [2.24, 2.45) is 0 Å². The van der Waals surface area contributed by atoms with Gasteiger partial charge in [0.05, 0.1) is 16.3 Å². The van der Waals surface area contributed by atoms with Crippen molar-refractivity contribution in [2.75, 3.05) is 11.5 Å². The first kappa shape index (κ1) is 16.1. The van der Waals surface area contributed by atoms with Gasteiger partial charge in [-0.2, -0.15) is 0 Å². The Morgan fingerprint density at radius 2 is 1.81 bits per heavy atom. The number of hydrogen-bond donors (Lipinski definition) is 0. The molecule has 0 aliphatic rings. The van der Waals surface area contributed by atoms with Crippen LogP contribution in [-0.2, 0) is 9.84 Å². The van der Waals surface area contributed by atoms with Crippen molar-refractivity contribution in [1.29, 1.82) is 0 Å². The van der Waals surface area contributed by atoms with E-state index in [4.69, 9.17) is 4.42 Å². The number of oxazole rings is 1. The van der Waals surface area contributed by atoms with Crippen LogP contribution in [-0.4, -0.2) is 24.9 Å². The molecule has 0 spiro atoms. The molecule has 0 radical (unpaired) electrons.